The zero-order chi connectivity index (χ0) is 15.2. The smallest absolute Gasteiger partial charge is 0.230 e. The summed E-state index contributed by atoms with van der Waals surface area (Å²) in [5.74, 6) is 0.963. The topological polar surface area (TPSA) is 52.0 Å². The third-order valence-corrected chi connectivity index (χ3v) is 3.92. The third-order valence-electron chi connectivity index (χ3n) is 3.92. The minimum Gasteiger partial charge on any atom is -0.367 e. The maximum Gasteiger partial charge on any atom is 0.230 e. The zero-order valence-corrected chi connectivity index (χ0v) is 13.4. The molecule has 3 nitrogen and oxygen atoms in total. The maximum absolute atomic E-state index is 5.97. The standard InChI is InChI=1S/C18H26N2O/c1-4-5-6-7-8-16-17(18(19)21-20-16)15-11-9-14(10-12-15)13(2)3/h9-13H,4-8,19H2,1-3H3. The molecule has 2 aromatic rings. The van der Waals surface area contributed by atoms with Crippen LogP contribution in [0.4, 0.5) is 5.88 Å². The van der Waals surface area contributed by atoms with Gasteiger partial charge < -0.3 is 10.3 Å². The van der Waals surface area contributed by atoms with E-state index in [4.69, 9.17) is 10.3 Å². The summed E-state index contributed by atoms with van der Waals surface area (Å²) in [6.45, 7) is 6.61. The van der Waals surface area contributed by atoms with Crippen LogP contribution in [0.5, 0.6) is 0 Å². The SMILES string of the molecule is CCCCCCc1noc(N)c1-c1ccc(C(C)C)cc1. The number of aryl methyl sites for hydroxylation is 1. The number of hydrogen-bond acceptors (Lipinski definition) is 3. The Bertz CT molecular complexity index is 555. The molecule has 0 spiro atoms. The van der Waals surface area contributed by atoms with Crippen molar-refractivity contribution < 1.29 is 4.52 Å². The molecule has 0 atom stereocenters. The van der Waals surface area contributed by atoms with Gasteiger partial charge in [-0.1, -0.05) is 69.5 Å². The molecule has 21 heavy (non-hydrogen) atoms. The highest BCUT2D eigenvalue weighted by atomic mass is 16.5. The van der Waals surface area contributed by atoms with Gasteiger partial charge in [0.05, 0.1) is 11.3 Å². The number of aromatic nitrogens is 1. The van der Waals surface area contributed by atoms with Crippen LogP contribution in [0, 0.1) is 0 Å². The fourth-order valence-electron chi connectivity index (χ4n) is 2.57. The summed E-state index contributed by atoms with van der Waals surface area (Å²) in [5.41, 5.74) is 10.4. The quantitative estimate of drug-likeness (QED) is 0.714. The molecule has 114 valence electrons. The van der Waals surface area contributed by atoms with Gasteiger partial charge >= 0.3 is 0 Å². The minimum absolute atomic E-state index is 0.429. The van der Waals surface area contributed by atoms with Crippen molar-refractivity contribution in [3.63, 3.8) is 0 Å². The molecule has 0 aliphatic rings. The molecule has 3 heteroatoms. The first-order valence-corrected chi connectivity index (χ1v) is 7.97. The van der Waals surface area contributed by atoms with Crippen LogP contribution in [-0.2, 0) is 6.42 Å². The molecule has 0 saturated heterocycles. The molecular weight excluding hydrogens is 260 g/mol. The van der Waals surface area contributed by atoms with Crippen LogP contribution in [-0.4, -0.2) is 5.16 Å². The number of nitrogens with two attached hydrogens (primary N) is 1. The summed E-state index contributed by atoms with van der Waals surface area (Å²) in [5, 5.41) is 4.15. The lowest BCUT2D eigenvalue weighted by Gasteiger charge is -2.07. The number of hydrogen-bond donors (Lipinski definition) is 1. The Morgan fingerprint density at radius 1 is 1.10 bits per heavy atom. The predicted octanol–water partition coefficient (Wildman–Crippen LogP) is 5.17. The van der Waals surface area contributed by atoms with Gasteiger partial charge in [0, 0.05) is 0 Å². The summed E-state index contributed by atoms with van der Waals surface area (Å²) >= 11 is 0. The zero-order valence-electron chi connectivity index (χ0n) is 13.4. The summed E-state index contributed by atoms with van der Waals surface area (Å²) in [7, 11) is 0. The lowest BCUT2D eigenvalue weighted by atomic mass is 9.97. The van der Waals surface area contributed by atoms with E-state index in [0.717, 1.165) is 29.7 Å². The lowest BCUT2D eigenvalue weighted by molar-refractivity contribution is 0.426. The second kappa shape index (κ2) is 7.30. The Morgan fingerprint density at radius 2 is 1.81 bits per heavy atom. The molecule has 0 fully saturated rings. The molecule has 2 rings (SSSR count). The van der Waals surface area contributed by atoms with Gasteiger partial charge in [-0.3, -0.25) is 0 Å². The first kappa shape index (κ1) is 15.6. The Morgan fingerprint density at radius 3 is 2.43 bits per heavy atom. The van der Waals surface area contributed by atoms with Gasteiger partial charge in [0.2, 0.25) is 5.88 Å². The van der Waals surface area contributed by atoms with Crippen molar-refractivity contribution in [2.24, 2.45) is 0 Å². The number of anilines is 1. The monoisotopic (exact) mass is 286 g/mol. The number of nitrogen functional groups attached to an aromatic ring is 1. The molecule has 1 heterocycles. The van der Waals surface area contributed by atoms with Crippen LogP contribution in [0.2, 0.25) is 0 Å². The molecule has 0 bridgehead atoms. The van der Waals surface area contributed by atoms with Gasteiger partial charge in [-0.2, -0.15) is 0 Å². The van der Waals surface area contributed by atoms with Crippen LogP contribution < -0.4 is 5.73 Å². The fraction of sp³-hybridized carbons (Fsp3) is 0.500. The molecule has 0 aliphatic carbocycles. The van der Waals surface area contributed by atoms with Crippen LogP contribution in [0.1, 0.15) is 63.6 Å². The first-order chi connectivity index (χ1) is 10.1. The highest BCUT2D eigenvalue weighted by Crippen LogP contribution is 2.31. The minimum atomic E-state index is 0.429. The van der Waals surface area contributed by atoms with E-state index in [1.165, 1.54) is 24.8 Å². The Labute approximate surface area is 127 Å². The van der Waals surface area contributed by atoms with Gasteiger partial charge in [-0.25, -0.2) is 0 Å². The van der Waals surface area contributed by atoms with Crippen molar-refractivity contribution in [3.05, 3.63) is 35.5 Å². The molecule has 2 N–H and O–H groups in total. The molecule has 0 aliphatic heterocycles. The largest absolute Gasteiger partial charge is 0.367 e. The number of nitrogens with zero attached hydrogens (tertiary/aromatic N) is 1. The maximum atomic E-state index is 5.97. The van der Waals surface area contributed by atoms with E-state index in [0.29, 0.717) is 11.8 Å². The van der Waals surface area contributed by atoms with E-state index < -0.39 is 0 Å². The van der Waals surface area contributed by atoms with Gasteiger partial charge in [-0.05, 0) is 29.9 Å². The van der Waals surface area contributed by atoms with Crippen molar-refractivity contribution in [2.75, 3.05) is 5.73 Å². The van der Waals surface area contributed by atoms with Crippen molar-refractivity contribution in [3.8, 4) is 11.1 Å². The van der Waals surface area contributed by atoms with E-state index in [2.05, 4.69) is 50.2 Å². The highest BCUT2D eigenvalue weighted by Gasteiger charge is 2.15. The predicted molar refractivity (Wildman–Crippen MR) is 88.3 cm³/mol. The second-order valence-electron chi connectivity index (χ2n) is 5.96. The van der Waals surface area contributed by atoms with E-state index in [1.807, 2.05) is 0 Å². The number of unbranched alkanes of at least 4 members (excludes halogenated alkanes) is 3. The third kappa shape index (κ3) is 3.87. The van der Waals surface area contributed by atoms with Crippen LogP contribution in [0.3, 0.4) is 0 Å². The van der Waals surface area contributed by atoms with Gasteiger partial charge in [0.25, 0.3) is 0 Å². The average Bonchev–Trinajstić information content (AvgIpc) is 2.85. The van der Waals surface area contributed by atoms with E-state index in [-0.39, 0.29) is 0 Å². The van der Waals surface area contributed by atoms with Gasteiger partial charge in [0.1, 0.15) is 0 Å². The summed E-state index contributed by atoms with van der Waals surface area (Å²) in [6, 6.07) is 8.56. The van der Waals surface area contributed by atoms with Crippen molar-refractivity contribution >= 4 is 5.88 Å². The fourth-order valence-corrected chi connectivity index (χ4v) is 2.57. The molecule has 0 unspecified atom stereocenters. The molecular formula is C18H26N2O. The Balaban J connectivity index is 2.16. The molecule has 1 aromatic carbocycles. The first-order valence-electron chi connectivity index (χ1n) is 7.97. The number of benzene rings is 1. The number of rotatable bonds is 7. The average molecular weight is 286 g/mol. The van der Waals surface area contributed by atoms with E-state index in [9.17, 15) is 0 Å². The molecule has 0 radical (unpaired) electrons. The van der Waals surface area contributed by atoms with E-state index >= 15 is 0 Å². The van der Waals surface area contributed by atoms with Crippen LogP contribution in [0.25, 0.3) is 11.1 Å². The lowest BCUT2D eigenvalue weighted by Crippen LogP contribution is -1.93. The molecule has 0 amide bonds. The van der Waals surface area contributed by atoms with Gasteiger partial charge in [0.15, 0.2) is 0 Å². The van der Waals surface area contributed by atoms with Crippen molar-refractivity contribution in [2.45, 2.75) is 58.8 Å². The van der Waals surface area contributed by atoms with Crippen LogP contribution in [0.15, 0.2) is 28.8 Å². The van der Waals surface area contributed by atoms with Gasteiger partial charge in [-0.15, -0.1) is 0 Å². The molecule has 1 aromatic heterocycles. The van der Waals surface area contributed by atoms with Crippen molar-refractivity contribution in [1.29, 1.82) is 0 Å². The second-order valence-corrected chi connectivity index (χ2v) is 5.96. The summed E-state index contributed by atoms with van der Waals surface area (Å²) in [4.78, 5) is 0. The van der Waals surface area contributed by atoms with E-state index in [1.54, 1.807) is 0 Å². The Hall–Kier alpha value is -1.77. The summed E-state index contributed by atoms with van der Waals surface area (Å²) in [6.07, 6.45) is 5.81. The Kier molecular flexibility index (Phi) is 5.43. The molecule has 0 saturated carbocycles. The normalized spacial score (nSPS) is 11.2. The van der Waals surface area contributed by atoms with Crippen LogP contribution >= 0.6 is 0 Å². The summed E-state index contributed by atoms with van der Waals surface area (Å²) < 4.78 is 5.21. The van der Waals surface area contributed by atoms with Crippen molar-refractivity contribution in [1.82, 2.24) is 5.16 Å². The highest BCUT2D eigenvalue weighted by molar-refractivity contribution is 5.75.